The van der Waals surface area contributed by atoms with Crippen molar-refractivity contribution in [2.45, 2.75) is 33.4 Å². The van der Waals surface area contributed by atoms with Crippen LogP contribution in [0.4, 0.5) is 0 Å². The fourth-order valence-electron chi connectivity index (χ4n) is 1.49. The van der Waals surface area contributed by atoms with Gasteiger partial charge in [-0.2, -0.15) is 0 Å². The molecule has 0 aliphatic rings. The molecular formula is C11H18N2O. The van der Waals surface area contributed by atoms with Crippen LogP contribution in [0.1, 0.15) is 32.5 Å². The van der Waals surface area contributed by atoms with Gasteiger partial charge in [-0.15, -0.1) is 0 Å². The Balaban J connectivity index is 3.16. The minimum absolute atomic E-state index is 0.0356. The Bertz CT molecular complexity index is 353. The van der Waals surface area contributed by atoms with Gasteiger partial charge in [0.25, 0.3) is 5.56 Å². The fraction of sp³-hybridized carbons (Fsp3) is 0.545. The largest absolute Gasteiger partial charge is 0.323 e. The standard InChI is InChI=1S/C11H18N2O/c1-8(2)7-13-10(9(3)12)5-4-6-11(13)14/h4-6,8-9H,7,12H2,1-3H3. The Morgan fingerprint density at radius 2 is 2.00 bits per heavy atom. The van der Waals surface area contributed by atoms with E-state index in [1.807, 2.05) is 13.0 Å². The van der Waals surface area contributed by atoms with Crippen molar-refractivity contribution >= 4 is 0 Å². The summed E-state index contributed by atoms with van der Waals surface area (Å²) in [6, 6.07) is 5.16. The molecule has 1 rings (SSSR count). The molecule has 1 aromatic heterocycles. The normalized spacial score (nSPS) is 13.2. The second-order valence-corrected chi connectivity index (χ2v) is 4.08. The molecule has 2 N–H and O–H groups in total. The molecular weight excluding hydrogens is 176 g/mol. The predicted molar refractivity (Wildman–Crippen MR) is 58.1 cm³/mol. The minimum atomic E-state index is -0.0948. The lowest BCUT2D eigenvalue weighted by Crippen LogP contribution is -2.27. The van der Waals surface area contributed by atoms with E-state index in [9.17, 15) is 4.79 Å². The fourth-order valence-corrected chi connectivity index (χ4v) is 1.49. The van der Waals surface area contributed by atoms with Crippen molar-refractivity contribution in [1.82, 2.24) is 4.57 Å². The van der Waals surface area contributed by atoms with E-state index < -0.39 is 0 Å². The third kappa shape index (κ3) is 2.45. The van der Waals surface area contributed by atoms with Gasteiger partial charge in [-0.1, -0.05) is 19.9 Å². The minimum Gasteiger partial charge on any atom is -0.323 e. The Hall–Kier alpha value is -1.09. The maximum atomic E-state index is 11.6. The number of aromatic nitrogens is 1. The molecule has 1 atom stereocenters. The summed E-state index contributed by atoms with van der Waals surface area (Å²) in [5.41, 5.74) is 6.74. The Morgan fingerprint density at radius 3 is 2.50 bits per heavy atom. The molecule has 1 aromatic rings. The average molecular weight is 194 g/mol. The third-order valence-electron chi connectivity index (χ3n) is 2.10. The number of hydrogen-bond donors (Lipinski definition) is 1. The summed E-state index contributed by atoms with van der Waals surface area (Å²) < 4.78 is 1.76. The zero-order chi connectivity index (χ0) is 10.7. The van der Waals surface area contributed by atoms with E-state index in [1.54, 1.807) is 16.7 Å². The molecule has 78 valence electrons. The highest BCUT2D eigenvalue weighted by Gasteiger charge is 2.08. The summed E-state index contributed by atoms with van der Waals surface area (Å²) in [6.45, 7) is 6.80. The second kappa shape index (κ2) is 4.42. The van der Waals surface area contributed by atoms with E-state index >= 15 is 0 Å². The van der Waals surface area contributed by atoms with Gasteiger partial charge < -0.3 is 10.3 Å². The number of nitrogens with two attached hydrogens (primary N) is 1. The lowest BCUT2D eigenvalue weighted by molar-refractivity contribution is 0.485. The van der Waals surface area contributed by atoms with Crippen molar-refractivity contribution in [1.29, 1.82) is 0 Å². The maximum Gasteiger partial charge on any atom is 0.250 e. The van der Waals surface area contributed by atoms with Gasteiger partial charge in [0.1, 0.15) is 0 Å². The Kier molecular flexibility index (Phi) is 3.47. The monoisotopic (exact) mass is 194 g/mol. The summed E-state index contributed by atoms with van der Waals surface area (Å²) in [6.07, 6.45) is 0. The number of pyridine rings is 1. The first-order chi connectivity index (χ1) is 6.52. The molecule has 3 nitrogen and oxygen atoms in total. The first-order valence-corrected chi connectivity index (χ1v) is 4.97. The van der Waals surface area contributed by atoms with Crippen LogP contribution in [0.5, 0.6) is 0 Å². The molecule has 0 saturated heterocycles. The van der Waals surface area contributed by atoms with Crippen LogP contribution in [0.2, 0.25) is 0 Å². The van der Waals surface area contributed by atoms with Gasteiger partial charge in [-0.25, -0.2) is 0 Å². The third-order valence-corrected chi connectivity index (χ3v) is 2.10. The van der Waals surface area contributed by atoms with Crippen LogP contribution >= 0.6 is 0 Å². The molecule has 1 heterocycles. The quantitative estimate of drug-likeness (QED) is 0.793. The van der Waals surface area contributed by atoms with Crippen LogP contribution in [0.3, 0.4) is 0 Å². The van der Waals surface area contributed by atoms with E-state index in [1.165, 1.54) is 0 Å². The summed E-state index contributed by atoms with van der Waals surface area (Å²) in [5.74, 6) is 0.451. The van der Waals surface area contributed by atoms with Crippen LogP contribution < -0.4 is 11.3 Å². The highest BCUT2D eigenvalue weighted by Crippen LogP contribution is 2.08. The molecule has 14 heavy (non-hydrogen) atoms. The maximum absolute atomic E-state index is 11.6. The van der Waals surface area contributed by atoms with Crippen molar-refractivity contribution in [3.8, 4) is 0 Å². The molecule has 3 heteroatoms. The van der Waals surface area contributed by atoms with Gasteiger partial charge in [0.15, 0.2) is 0 Å². The lowest BCUT2D eigenvalue weighted by Gasteiger charge is -2.16. The van der Waals surface area contributed by atoms with Gasteiger partial charge in [0.2, 0.25) is 0 Å². The van der Waals surface area contributed by atoms with Crippen molar-refractivity contribution in [3.63, 3.8) is 0 Å². The Morgan fingerprint density at radius 1 is 1.36 bits per heavy atom. The number of nitrogens with zero attached hydrogens (tertiary/aromatic N) is 1. The summed E-state index contributed by atoms with van der Waals surface area (Å²) in [5, 5.41) is 0. The lowest BCUT2D eigenvalue weighted by atomic mass is 10.1. The van der Waals surface area contributed by atoms with Gasteiger partial charge in [0, 0.05) is 24.3 Å². The molecule has 1 unspecified atom stereocenters. The SMILES string of the molecule is CC(C)Cn1c(C(C)N)cccc1=O. The molecule has 0 spiro atoms. The van der Waals surface area contributed by atoms with Gasteiger partial charge >= 0.3 is 0 Å². The average Bonchev–Trinajstić information content (AvgIpc) is 2.07. The molecule has 0 saturated carbocycles. The summed E-state index contributed by atoms with van der Waals surface area (Å²) in [4.78, 5) is 11.6. The highest BCUT2D eigenvalue weighted by molar-refractivity contribution is 5.10. The van der Waals surface area contributed by atoms with Crippen LogP contribution in [0.25, 0.3) is 0 Å². The predicted octanol–water partition coefficient (Wildman–Crippen LogP) is 1.52. The van der Waals surface area contributed by atoms with Crippen molar-refractivity contribution in [3.05, 3.63) is 34.2 Å². The summed E-state index contributed by atoms with van der Waals surface area (Å²) >= 11 is 0. The van der Waals surface area contributed by atoms with E-state index in [2.05, 4.69) is 13.8 Å². The molecule has 0 aliphatic heterocycles. The van der Waals surface area contributed by atoms with Crippen molar-refractivity contribution < 1.29 is 0 Å². The topological polar surface area (TPSA) is 48.0 Å². The van der Waals surface area contributed by atoms with Crippen LogP contribution in [0.15, 0.2) is 23.0 Å². The second-order valence-electron chi connectivity index (χ2n) is 4.08. The van der Waals surface area contributed by atoms with E-state index in [0.717, 1.165) is 12.2 Å². The molecule has 0 aliphatic carbocycles. The zero-order valence-electron chi connectivity index (χ0n) is 9.03. The number of rotatable bonds is 3. The number of hydrogen-bond acceptors (Lipinski definition) is 2. The summed E-state index contributed by atoms with van der Waals surface area (Å²) in [7, 11) is 0. The molecule has 0 fully saturated rings. The van der Waals surface area contributed by atoms with Crippen molar-refractivity contribution in [2.24, 2.45) is 11.7 Å². The first-order valence-electron chi connectivity index (χ1n) is 4.97. The molecule has 0 aromatic carbocycles. The van der Waals surface area contributed by atoms with Gasteiger partial charge in [-0.05, 0) is 18.9 Å². The van der Waals surface area contributed by atoms with E-state index in [0.29, 0.717) is 5.92 Å². The van der Waals surface area contributed by atoms with E-state index in [-0.39, 0.29) is 11.6 Å². The van der Waals surface area contributed by atoms with Crippen LogP contribution in [-0.4, -0.2) is 4.57 Å². The highest BCUT2D eigenvalue weighted by atomic mass is 16.1. The molecule has 0 bridgehead atoms. The molecule has 0 amide bonds. The van der Waals surface area contributed by atoms with Crippen molar-refractivity contribution in [2.75, 3.05) is 0 Å². The van der Waals surface area contributed by atoms with Crippen LogP contribution in [-0.2, 0) is 6.54 Å². The smallest absolute Gasteiger partial charge is 0.250 e. The Labute approximate surface area is 84.6 Å². The zero-order valence-corrected chi connectivity index (χ0v) is 9.03. The van der Waals surface area contributed by atoms with E-state index in [4.69, 9.17) is 5.73 Å². The molecule has 0 radical (unpaired) electrons. The van der Waals surface area contributed by atoms with Gasteiger partial charge in [0.05, 0.1) is 0 Å². The van der Waals surface area contributed by atoms with Crippen LogP contribution in [0, 0.1) is 5.92 Å². The van der Waals surface area contributed by atoms with Gasteiger partial charge in [-0.3, -0.25) is 4.79 Å². The first kappa shape index (κ1) is 11.0.